The fraction of sp³-hybridized carbons (Fsp3) is 0.143. The van der Waals surface area contributed by atoms with Gasteiger partial charge in [0.2, 0.25) is 0 Å². The fourth-order valence-corrected chi connectivity index (χ4v) is 4.18. The van der Waals surface area contributed by atoms with Gasteiger partial charge in [0.15, 0.2) is 21.9 Å². The van der Waals surface area contributed by atoms with Crippen molar-refractivity contribution in [2.75, 3.05) is 5.32 Å². The Kier molecular flexibility index (Phi) is 5.73. The molecule has 29 heavy (non-hydrogen) atoms. The summed E-state index contributed by atoms with van der Waals surface area (Å²) >= 11 is 2.98. The smallest absolute Gasteiger partial charge is 0.192 e. The standard InChI is InChI=1S/C21H19N5OS2/c1-13-9-14(2)24-21(23-13)29-17-10-18(27-16-7-5-4-6-8-16)19(22-11-17)26-20-25-15(3)12-28-20/h4-12H,1-3H3,(H,22,25,26). The summed E-state index contributed by atoms with van der Waals surface area (Å²) in [5.74, 6) is 1.95. The van der Waals surface area contributed by atoms with Crippen LogP contribution in [0, 0.1) is 20.8 Å². The Morgan fingerprint density at radius 3 is 2.38 bits per heavy atom. The Morgan fingerprint density at radius 2 is 1.69 bits per heavy atom. The number of rotatable bonds is 6. The molecule has 0 saturated heterocycles. The van der Waals surface area contributed by atoms with E-state index in [4.69, 9.17) is 4.74 Å². The first kappa shape index (κ1) is 19.4. The monoisotopic (exact) mass is 421 g/mol. The molecule has 0 aliphatic rings. The van der Waals surface area contributed by atoms with E-state index in [9.17, 15) is 0 Å². The molecule has 3 heterocycles. The molecular formula is C21H19N5OS2. The number of hydrogen-bond donors (Lipinski definition) is 1. The van der Waals surface area contributed by atoms with Gasteiger partial charge in [0, 0.05) is 33.9 Å². The highest BCUT2D eigenvalue weighted by molar-refractivity contribution is 7.99. The van der Waals surface area contributed by atoms with Crippen molar-refractivity contribution in [3.63, 3.8) is 0 Å². The summed E-state index contributed by atoms with van der Waals surface area (Å²) in [4.78, 5) is 18.9. The second kappa shape index (κ2) is 8.59. The van der Waals surface area contributed by atoms with E-state index in [-0.39, 0.29) is 0 Å². The van der Waals surface area contributed by atoms with Gasteiger partial charge in [-0.25, -0.2) is 19.9 Å². The minimum atomic E-state index is 0.605. The number of aryl methyl sites for hydroxylation is 3. The van der Waals surface area contributed by atoms with Gasteiger partial charge in [-0.05, 0) is 50.7 Å². The number of aromatic nitrogens is 4. The molecule has 0 fully saturated rings. The predicted molar refractivity (Wildman–Crippen MR) is 117 cm³/mol. The first-order valence-electron chi connectivity index (χ1n) is 8.97. The SMILES string of the molecule is Cc1cc(C)nc(Sc2cnc(Nc3nc(C)cs3)c(Oc3ccccc3)c2)n1. The molecular weight excluding hydrogens is 402 g/mol. The van der Waals surface area contributed by atoms with Gasteiger partial charge in [-0.2, -0.15) is 0 Å². The normalized spacial score (nSPS) is 10.7. The van der Waals surface area contributed by atoms with Crippen LogP contribution in [0.5, 0.6) is 11.5 Å². The maximum atomic E-state index is 6.11. The molecule has 0 spiro atoms. The Morgan fingerprint density at radius 1 is 0.931 bits per heavy atom. The lowest BCUT2D eigenvalue weighted by Gasteiger charge is -2.12. The van der Waals surface area contributed by atoms with Crippen molar-refractivity contribution < 1.29 is 4.74 Å². The predicted octanol–water partition coefficient (Wildman–Crippen LogP) is 5.94. The summed E-state index contributed by atoms with van der Waals surface area (Å²) in [5.41, 5.74) is 2.83. The lowest BCUT2D eigenvalue weighted by atomic mass is 10.3. The lowest BCUT2D eigenvalue weighted by Crippen LogP contribution is -1.98. The molecule has 1 aromatic carbocycles. The average molecular weight is 422 g/mol. The lowest BCUT2D eigenvalue weighted by molar-refractivity contribution is 0.481. The van der Waals surface area contributed by atoms with Crippen molar-refractivity contribution in [3.8, 4) is 11.5 Å². The summed E-state index contributed by atoms with van der Waals surface area (Å²) in [6.45, 7) is 5.88. The van der Waals surface area contributed by atoms with E-state index in [1.54, 1.807) is 6.20 Å². The van der Waals surface area contributed by atoms with Crippen molar-refractivity contribution >= 4 is 34.0 Å². The van der Waals surface area contributed by atoms with Crippen molar-refractivity contribution in [1.82, 2.24) is 19.9 Å². The zero-order chi connectivity index (χ0) is 20.2. The third-order valence-corrected chi connectivity index (χ3v) is 5.51. The molecule has 3 aromatic heterocycles. The molecule has 4 rings (SSSR count). The molecule has 8 heteroatoms. The number of para-hydroxylation sites is 1. The van der Waals surface area contributed by atoms with Crippen LogP contribution in [-0.2, 0) is 0 Å². The van der Waals surface area contributed by atoms with E-state index in [2.05, 4.69) is 25.3 Å². The third-order valence-electron chi connectivity index (χ3n) is 3.81. The van der Waals surface area contributed by atoms with Gasteiger partial charge < -0.3 is 10.1 Å². The van der Waals surface area contributed by atoms with Gasteiger partial charge >= 0.3 is 0 Å². The zero-order valence-electron chi connectivity index (χ0n) is 16.2. The van der Waals surface area contributed by atoms with Gasteiger partial charge in [0.25, 0.3) is 0 Å². The Hall–Kier alpha value is -2.97. The maximum absolute atomic E-state index is 6.11. The Bertz CT molecular complexity index is 1110. The molecule has 4 aromatic rings. The van der Waals surface area contributed by atoms with Gasteiger partial charge in [0.1, 0.15) is 5.75 Å². The molecule has 0 unspecified atom stereocenters. The highest BCUT2D eigenvalue weighted by Gasteiger charge is 2.13. The highest BCUT2D eigenvalue weighted by atomic mass is 32.2. The minimum Gasteiger partial charge on any atom is -0.453 e. The molecule has 0 aliphatic carbocycles. The van der Waals surface area contributed by atoms with Gasteiger partial charge in [-0.15, -0.1) is 11.3 Å². The molecule has 0 radical (unpaired) electrons. The zero-order valence-corrected chi connectivity index (χ0v) is 17.8. The van der Waals surface area contributed by atoms with Crippen molar-refractivity contribution in [2.24, 2.45) is 0 Å². The molecule has 1 N–H and O–H groups in total. The number of benzene rings is 1. The maximum Gasteiger partial charge on any atom is 0.192 e. The van der Waals surface area contributed by atoms with Gasteiger partial charge in [-0.3, -0.25) is 0 Å². The summed E-state index contributed by atoms with van der Waals surface area (Å²) in [7, 11) is 0. The van der Waals surface area contributed by atoms with E-state index >= 15 is 0 Å². The van der Waals surface area contributed by atoms with E-state index in [0.717, 1.165) is 32.9 Å². The van der Waals surface area contributed by atoms with Crippen LogP contribution in [0.1, 0.15) is 17.1 Å². The average Bonchev–Trinajstić information content (AvgIpc) is 3.09. The van der Waals surface area contributed by atoms with Crippen LogP contribution in [0.2, 0.25) is 0 Å². The number of nitrogens with one attached hydrogen (secondary N) is 1. The Labute approximate surface area is 177 Å². The van der Waals surface area contributed by atoms with Crippen LogP contribution in [0.3, 0.4) is 0 Å². The fourth-order valence-electron chi connectivity index (χ4n) is 2.63. The van der Waals surface area contributed by atoms with Gasteiger partial charge in [-0.1, -0.05) is 18.2 Å². The van der Waals surface area contributed by atoms with Gasteiger partial charge in [0.05, 0.1) is 5.69 Å². The highest BCUT2D eigenvalue weighted by Crippen LogP contribution is 2.35. The Balaban J connectivity index is 1.65. The number of pyridine rings is 1. The van der Waals surface area contributed by atoms with E-state index < -0.39 is 0 Å². The topological polar surface area (TPSA) is 72.8 Å². The summed E-state index contributed by atoms with van der Waals surface area (Å²) in [6, 6.07) is 13.5. The second-order valence-corrected chi connectivity index (χ2v) is 8.29. The molecule has 146 valence electrons. The second-order valence-electron chi connectivity index (χ2n) is 6.39. The molecule has 0 bridgehead atoms. The first-order valence-corrected chi connectivity index (χ1v) is 10.7. The van der Waals surface area contributed by atoms with E-state index in [0.29, 0.717) is 16.7 Å². The van der Waals surface area contributed by atoms with Crippen LogP contribution < -0.4 is 10.1 Å². The summed E-state index contributed by atoms with van der Waals surface area (Å²) in [6.07, 6.45) is 1.78. The van der Waals surface area contributed by atoms with Crippen LogP contribution in [-0.4, -0.2) is 19.9 Å². The summed E-state index contributed by atoms with van der Waals surface area (Å²) in [5, 5.41) is 6.70. The number of ether oxygens (including phenoxy) is 1. The van der Waals surface area contributed by atoms with Crippen molar-refractivity contribution in [1.29, 1.82) is 0 Å². The van der Waals surface area contributed by atoms with E-state index in [1.807, 2.05) is 68.6 Å². The summed E-state index contributed by atoms with van der Waals surface area (Å²) < 4.78 is 6.11. The molecule has 0 amide bonds. The third kappa shape index (κ3) is 5.10. The van der Waals surface area contributed by atoms with Crippen LogP contribution in [0.4, 0.5) is 10.9 Å². The first-order chi connectivity index (χ1) is 14.0. The molecule has 6 nitrogen and oxygen atoms in total. The van der Waals surface area contributed by atoms with Crippen molar-refractivity contribution in [3.05, 3.63) is 71.1 Å². The van der Waals surface area contributed by atoms with Crippen LogP contribution >= 0.6 is 23.1 Å². The molecule has 0 aliphatic heterocycles. The van der Waals surface area contributed by atoms with Crippen LogP contribution in [0.15, 0.2) is 64.1 Å². The minimum absolute atomic E-state index is 0.605. The largest absolute Gasteiger partial charge is 0.453 e. The number of hydrogen-bond acceptors (Lipinski definition) is 8. The molecule has 0 atom stereocenters. The quantitative estimate of drug-likeness (QED) is 0.386. The van der Waals surface area contributed by atoms with Crippen LogP contribution in [0.25, 0.3) is 0 Å². The number of anilines is 2. The van der Waals surface area contributed by atoms with E-state index in [1.165, 1.54) is 23.1 Å². The number of nitrogens with zero attached hydrogens (tertiary/aromatic N) is 4. The molecule has 0 saturated carbocycles. The number of thiazole rings is 1. The van der Waals surface area contributed by atoms with Crippen molar-refractivity contribution in [2.45, 2.75) is 30.8 Å².